The van der Waals surface area contributed by atoms with Gasteiger partial charge in [-0.05, 0) is 31.1 Å². The molecule has 0 saturated carbocycles. The van der Waals surface area contributed by atoms with Crippen molar-refractivity contribution in [3.05, 3.63) is 0 Å². The van der Waals surface area contributed by atoms with Crippen LogP contribution >= 0.6 is 0 Å². The highest BCUT2D eigenvalue weighted by atomic mass is 16.5. The molecule has 0 bridgehead atoms. The number of rotatable bonds is 2. The van der Waals surface area contributed by atoms with Gasteiger partial charge in [0.2, 0.25) is 0 Å². The van der Waals surface area contributed by atoms with Crippen LogP contribution in [0.15, 0.2) is 0 Å². The van der Waals surface area contributed by atoms with E-state index in [0.29, 0.717) is 5.41 Å². The summed E-state index contributed by atoms with van der Waals surface area (Å²) in [6.45, 7) is 4.95. The predicted octanol–water partition coefficient (Wildman–Crippen LogP) is 1.59. The van der Waals surface area contributed by atoms with Crippen LogP contribution < -0.4 is 0 Å². The highest BCUT2D eigenvalue weighted by Gasteiger charge is 2.38. The van der Waals surface area contributed by atoms with Crippen molar-refractivity contribution in [2.75, 3.05) is 26.4 Å². The molecule has 0 aromatic rings. The smallest absolute Gasteiger partial charge is 0.0623 e. The lowest BCUT2D eigenvalue weighted by atomic mass is 9.74. The monoisotopic (exact) mass is 214 g/mol. The van der Waals surface area contributed by atoms with Gasteiger partial charge in [-0.2, -0.15) is 0 Å². The Kier molecular flexibility index (Phi) is 3.65. The molecule has 0 amide bonds. The molecule has 2 atom stereocenters. The molecule has 1 spiro atoms. The van der Waals surface area contributed by atoms with Crippen LogP contribution in [0, 0.1) is 11.3 Å². The Morgan fingerprint density at radius 1 is 1.33 bits per heavy atom. The Morgan fingerprint density at radius 2 is 2.07 bits per heavy atom. The molecule has 2 fully saturated rings. The molecule has 2 saturated heterocycles. The minimum Gasteiger partial charge on any atom is -0.396 e. The summed E-state index contributed by atoms with van der Waals surface area (Å²) in [5, 5.41) is 9.09. The number of aliphatic hydroxyl groups is 1. The molecule has 0 radical (unpaired) electrons. The minimum absolute atomic E-state index is 0.237. The molecule has 88 valence electrons. The zero-order chi connectivity index (χ0) is 10.7. The summed E-state index contributed by atoms with van der Waals surface area (Å²) in [5.74, 6) is 0.280. The fourth-order valence-corrected chi connectivity index (χ4v) is 2.65. The Balaban J connectivity index is 1.85. The van der Waals surface area contributed by atoms with Crippen LogP contribution in [-0.4, -0.2) is 37.6 Å². The molecule has 0 aliphatic carbocycles. The van der Waals surface area contributed by atoms with Crippen LogP contribution in [0.2, 0.25) is 0 Å². The van der Waals surface area contributed by atoms with Gasteiger partial charge in [-0.15, -0.1) is 0 Å². The first kappa shape index (κ1) is 11.4. The number of hydrogen-bond donors (Lipinski definition) is 1. The second-order valence-corrected chi connectivity index (χ2v) is 5.16. The SMILES string of the molecule is CC(CO)C1CCC2(CCOCC2)CO1. The van der Waals surface area contributed by atoms with E-state index in [1.54, 1.807) is 0 Å². The first-order valence-corrected chi connectivity index (χ1v) is 6.06. The van der Waals surface area contributed by atoms with Gasteiger partial charge >= 0.3 is 0 Å². The molecule has 2 heterocycles. The largest absolute Gasteiger partial charge is 0.396 e. The third kappa shape index (κ3) is 2.52. The van der Waals surface area contributed by atoms with Crippen LogP contribution in [0.3, 0.4) is 0 Å². The highest BCUT2D eigenvalue weighted by molar-refractivity contribution is 4.87. The molecule has 3 heteroatoms. The fraction of sp³-hybridized carbons (Fsp3) is 1.00. The summed E-state index contributed by atoms with van der Waals surface area (Å²) in [7, 11) is 0. The standard InChI is InChI=1S/C12H22O3/c1-10(8-13)11-2-3-12(9-15-11)4-6-14-7-5-12/h10-11,13H,2-9H2,1H3. The van der Waals surface area contributed by atoms with Gasteiger partial charge in [-0.3, -0.25) is 0 Å². The van der Waals surface area contributed by atoms with Gasteiger partial charge in [0.25, 0.3) is 0 Å². The second kappa shape index (κ2) is 4.81. The van der Waals surface area contributed by atoms with Crippen molar-refractivity contribution in [2.24, 2.45) is 11.3 Å². The molecular weight excluding hydrogens is 192 g/mol. The third-order valence-corrected chi connectivity index (χ3v) is 4.04. The van der Waals surface area contributed by atoms with Crippen molar-refractivity contribution >= 4 is 0 Å². The molecule has 2 rings (SSSR count). The zero-order valence-electron chi connectivity index (χ0n) is 9.58. The normalized spacial score (nSPS) is 32.8. The lowest BCUT2D eigenvalue weighted by Crippen LogP contribution is -2.42. The first-order valence-electron chi connectivity index (χ1n) is 6.06. The molecule has 2 aliphatic heterocycles. The second-order valence-electron chi connectivity index (χ2n) is 5.16. The molecule has 0 aromatic carbocycles. The first-order chi connectivity index (χ1) is 7.26. The van der Waals surface area contributed by atoms with E-state index in [1.807, 2.05) is 0 Å². The molecule has 0 aromatic heterocycles. The maximum Gasteiger partial charge on any atom is 0.0623 e. The van der Waals surface area contributed by atoms with Gasteiger partial charge in [-0.25, -0.2) is 0 Å². The van der Waals surface area contributed by atoms with Crippen LogP contribution in [0.1, 0.15) is 32.6 Å². The van der Waals surface area contributed by atoms with E-state index in [2.05, 4.69) is 6.92 Å². The maximum atomic E-state index is 9.09. The van der Waals surface area contributed by atoms with Crippen molar-refractivity contribution in [3.8, 4) is 0 Å². The summed E-state index contributed by atoms with van der Waals surface area (Å²) in [6, 6.07) is 0. The number of aliphatic hydroxyl groups excluding tert-OH is 1. The number of ether oxygens (including phenoxy) is 2. The van der Waals surface area contributed by atoms with Crippen molar-refractivity contribution in [1.82, 2.24) is 0 Å². The van der Waals surface area contributed by atoms with Gasteiger partial charge in [-0.1, -0.05) is 6.92 Å². The summed E-state index contributed by atoms with van der Waals surface area (Å²) >= 11 is 0. The number of hydrogen-bond acceptors (Lipinski definition) is 3. The van der Waals surface area contributed by atoms with E-state index in [-0.39, 0.29) is 18.6 Å². The molecular formula is C12H22O3. The lowest BCUT2D eigenvalue weighted by molar-refractivity contribution is -0.123. The Hall–Kier alpha value is -0.120. The Morgan fingerprint density at radius 3 is 2.60 bits per heavy atom. The Labute approximate surface area is 91.8 Å². The molecule has 2 unspecified atom stereocenters. The predicted molar refractivity (Wildman–Crippen MR) is 57.7 cm³/mol. The topological polar surface area (TPSA) is 38.7 Å². The zero-order valence-corrected chi connectivity index (χ0v) is 9.58. The van der Waals surface area contributed by atoms with E-state index in [0.717, 1.165) is 39.1 Å². The Bertz CT molecular complexity index is 189. The van der Waals surface area contributed by atoms with Gasteiger partial charge in [0.05, 0.1) is 12.7 Å². The van der Waals surface area contributed by atoms with E-state index >= 15 is 0 Å². The average Bonchev–Trinajstić information content (AvgIpc) is 2.30. The molecule has 3 nitrogen and oxygen atoms in total. The molecule has 1 N–H and O–H groups in total. The molecule has 15 heavy (non-hydrogen) atoms. The summed E-state index contributed by atoms with van der Waals surface area (Å²) < 4.78 is 11.3. The van der Waals surface area contributed by atoms with Crippen molar-refractivity contribution in [1.29, 1.82) is 0 Å². The third-order valence-electron chi connectivity index (χ3n) is 4.04. The van der Waals surface area contributed by atoms with Gasteiger partial charge < -0.3 is 14.6 Å². The van der Waals surface area contributed by atoms with Crippen LogP contribution in [-0.2, 0) is 9.47 Å². The fourth-order valence-electron chi connectivity index (χ4n) is 2.65. The van der Waals surface area contributed by atoms with E-state index in [9.17, 15) is 0 Å². The van der Waals surface area contributed by atoms with Gasteiger partial charge in [0.15, 0.2) is 0 Å². The van der Waals surface area contributed by atoms with E-state index in [1.165, 1.54) is 6.42 Å². The maximum absolute atomic E-state index is 9.09. The summed E-state index contributed by atoms with van der Waals surface area (Å²) in [6.07, 6.45) is 4.90. The van der Waals surface area contributed by atoms with Crippen LogP contribution in [0.25, 0.3) is 0 Å². The average molecular weight is 214 g/mol. The molecule has 2 aliphatic rings. The van der Waals surface area contributed by atoms with Gasteiger partial charge in [0, 0.05) is 25.7 Å². The summed E-state index contributed by atoms with van der Waals surface area (Å²) in [4.78, 5) is 0. The lowest BCUT2D eigenvalue weighted by Gasteiger charge is -2.43. The van der Waals surface area contributed by atoms with Crippen molar-refractivity contribution in [2.45, 2.75) is 38.7 Å². The highest BCUT2D eigenvalue weighted by Crippen LogP contribution is 2.40. The van der Waals surface area contributed by atoms with Gasteiger partial charge in [0.1, 0.15) is 0 Å². The minimum atomic E-state index is 0.237. The van der Waals surface area contributed by atoms with Crippen LogP contribution in [0.4, 0.5) is 0 Å². The van der Waals surface area contributed by atoms with Crippen molar-refractivity contribution < 1.29 is 14.6 Å². The van der Waals surface area contributed by atoms with E-state index in [4.69, 9.17) is 14.6 Å². The quantitative estimate of drug-likeness (QED) is 0.758. The van der Waals surface area contributed by atoms with Crippen LogP contribution in [0.5, 0.6) is 0 Å². The summed E-state index contributed by atoms with van der Waals surface area (Å²) in [5.41, 5.74) is 0.393. The van der Waals surface area contributed by atoms with E-state index < -0.39 is 0 Å². The van der Waals surface area contributed by atoms with Crippen molar-refractivity contribution in [3.63, 3.8) is 0 Å².